The summed E-state index contributed by atoms with van der Waals surface area (Å²) in [4.78, 5) is 11.5. The molecule has 3 nitrogen and oxygen atoms in total. The van der Waals surface area contributed by atoms with E-state index >= 15 is 0 Å². The maximum atomic E-state index is 11.5. The minimum atomic E-state index is -0.463. The van der Waals surface area contributed by atoms with Crippen LogP contribution < -0.4 is 10.1 Å². The molecule has 1 N–H and O–H groups in total. The third-order valence-electron chi connectivity index (χ3n) is 1.86. The molecular formula is C12H17NO2. The van der Waals surface area contributed by atoms with Crippen molar-refractivity contribution >= 4 is 5.91 Å². The van der Waals surface area contributed by atoms with Crippen molar-refractivity contribution in [3.63, 3.8) is 0 Å². The van der Waals surface area contributed by atoms with Gasteiger partial charge in [0.15, 0.2) is 6.10 Å². The number of carbonyl (C=O) groups is 1. The number of nitrogens with one attached hydrogen (secondary N) is 1. The van der Waals surface area contributed by atoms with Gasteiger partial charge in [-0.2, -0.15) is 0 Å². The highest BCUT2D eigenvalue weighted by atomic mass is 16.5. The monoisotopic (exact) mass is 207 g/mol. The van der Waals surface area contributed by atoms with E-state index in [9.17, 15) is 4.79 Å². The van der Waals surface area contributed by atoms with E-state index in [-0.39, 0.29) is 11.9 Å². The lowest BCUT2D eigenvalue weighted by atomic mass is 10.3. The lowest BCUT2D eigenvalue weighted by Crippen LogP contribution is -2.39. The van der Waals surface area contributed by atoms with E-state index in [1.54, 1.807) is 6.92 Å². The van der Waals surface area contributed by atoms with Crippen LogP contribution in [0, 0.1) is 0 Å². The smallest absolute Gasteiger partial charge is 0.260 e. The standard InChI is InChI=1S/C12H17NO2/c1-9(2)13-12(14)10(3)15-11-7-5-4-6-8-11/h4-10H,1-3H3,(H,13,14)/t10-/m1/s1. The number of hydrogen-bond acceptors (Lipinski definition) is 2. The predicted octanol–water partition coefficient (Wildman–Crippen LogP) is 1.98. The molecule has 0 aromatic heterocycles. The first kappa shape index (κ1) is 11.6. The SMILES string of the molecule is CC(C)NC(=O)[C@@H](C)Oc1ccccc1. The lowest BCUT2D eigenvalue weighted by Gasteiger charge is -2.16. The van der Waals surface area contributed by atoms with Gasteiger partial charge in [-0.25, -0.2) is 0 Å². The number of amides is 1. The Morgan fingerprint density at radius 3 is 2.33 bits per heavy atom. The number of carbonyl (C=O) groups excluding carboxylic acids is 1. The summed E-state index contributed by atoms with van der Waals surface area (Å²) < 4.78 is 5.46. The highest BCUT2D eigenvalue weighted by molar-refractivity contribution is 5.80. The van der Waals surface area contributed by atoms with E-state index in [1.165, 1.54) is 0 Å². The summed E-state index contributed by atoms with van der Waals surface area (Å²) >= 11 is 0. The van der Waals surface area contributed by atoms with Crippen molar-refractivity contribution in [1.82, 2.24) is 5.32 Å². The minimum absolute atomic E-state index is 0.0890. The molecule has 0 radical (unpaired) electrons. The molecule has 0 fully saturated rings. The van der Waals surface area contributed by atoms with Gasteiger partial charge in [0.2, 0.25) is 0 Å². The van der Waals surface area contributed by atoms with Crippen molar-refractivity contribution in [2.45, 2.75) is 32.9 Å². The van der Waals surface area contributed by atoms with Crippen LogP contribution in [0.3, 0.4) is 0 Å². The van der Waals surface area contributed by atoms with Gasteiger partial charge in [-0.15, -0.1) is 0 Å². The molecule has 0 heterocycles. The fourth-order valence-electron chi connectivity index (χ4n) is 1.16. The molecule has 15 heavy (non-hydrogen) atoms. The fourth-order valence-corrected chi connectivity index (χ4v) is 1.16. The largest absolute Gasteiger partial charge is 0.481 e. The number of ether oxygens (including phenoxy) is 1. The third-order valence-corrected chi connectivity index (χ3v) is 1.86. The molecule has 0 saturated heterocycles. The Morgan fingerprint density at radius 2 is 1.80 bits per heavy atom. The van der Waals surface area contributed by atoms with E-state index in [4.69, 9.17) is 4.74 Å². The Hall–Kier alpha value is -1.51. The van der Waals surface area contributed by atoms with Crippen LogP contribution in [0.1, 0.15) is 20.8 Å². The Balaban J connectivity index is 2.49. The van der Waals surface area contributed by atoms with Gasteiger partial charge in [0.1, 0.15) is 5.75 Å². The minimum Gasteiger partial charge on any atom is -0.481 e. The zero-order chi connectivity index (χ0) is 11.3. The van der Waals surface area contributed by atoms with Crippen LogP contribution in [0.15, 0.2) is 30.3 Å². The second kappa shape index (κ2) is 5.39. The van der Waals surface area contributed by atoms with Crippen LogP contribution in [0.5, 0.6) is 5.75 Å². The van der Waals surface area contributed by atoms with Gasteiger partial charge >= 0.3 is 0 Å². The number of benzene rings is 1. The van der Waals surface area contributed by atoms with Gasteiger partial charge in [0.05, 0.1) is 0 Å². The zero-order valence-corrected chi connectivity index (χ0v) is 9.36. The van der Waals surface area contributed by atoms with Gasteiger partial charge in [-0.1, -0.05) is 18.2 Å². The quantitative estimate of drug-likeness (QED) is 0.819. The summed E-state index contributed by atoms with van der Waals surface area (Å²) in [5, 5.41) is 2.80. The van der Waals surface area contributed by atoms with Crippen LogP contribution >= 0.6 is 0 Å². The van der Waals surface area contributed by atoms with Crippen molar-refractivity contribution in [2.24, 2.45) is 0 Å². The first-order valence-electron chi connectivity index (χ1n) is 5.11. The van der Waals surface area contributed by atoms with Crippen LogP contribution in [0.25, 0.3) is 0 Å². The number of para-hydroxylation sites is 1. The second-order valence-corrected chi connectivity index (χ2v) is 3.74. The first-order chi connectivity index (χ1) is 7.09. The Labute approximate surface area is 90.4 Å². The summed E-state index contributed by atoms with van der Waals surface area (Å²) in [5.74, 6) is 0.623. The van der Waals surface area contributed by atoms with Gasteiger partial charge in [0, 0.05) is 6.04 Å². The maximum Gasteiger partial charge on any atom is 0.260 e. The molecule has 0 aliphatic carbocycles. The Bertz CT molecular complexity index is 309. The van der Waals surface area contributed by atoms with Crippen LogP contribution in [0.2, 0.25) is 0 Å². The molecule has 3 heteroatoms. The predicted molar refractivity (Wildman–Crippen MR) is 59.8 cm³/mol. The zero-order valence-electron chi connectivity index (χ0n) is 9.36. The number of hydrogen-bond donors (Lipinski definition) is 1. The molecule has 0 aliphatic rings. The van der Waals surface area contributed by atoms with Crippen molar-refractivity contribution < 1.29 is 9.53 Å². The van der Waals surface area contributed by atoms with Crippen molar-refractivity contribution in [3.05, 3.63) is 30.3 Å². The first-order valence-corrected chi connectivity index (χ1v) is 5.11. The summed E-state index contributed by atoms with van der Waals surface area (Å²) in [7, 11) is 0. The molecule has 0 bridgehead atoms. The van der Waals surface area contributed by atoms with Gasteiger partial charge in [-0.05, 0) is 32.9 Å². The molecule has 1 aromatic carbocycles. The highest BCUT2D eigenvalue weighted by Gasteiger charge is 2.14. The summed E-state index contributed by atoms with van der Waals surface area (Å²) in [6.07, 6.45) is -0.463. The molecule has 82 valence electrons. The van der Waals surface area contributed by atoms with E-state index in [2.05, 4.69) is 5.32 Å². The lowest BCUT2D eigenvalue weighted by molar-refractivity contribution is -0.127. The average Bonchev–Trinajstić information content (AvgIpc) is 2.18. The summed E-state index contributed by atoms with van der Waals surface area (Å²) in [5.41, 5.74) is 0. The van der Waals surface area contributed by atoms with E-state index in [1.807, 2.05) is 44.2 Å². The molecule has 1 atom stereocenters. The topological polar surface area (TPSA) is 38.3 Å². The number of rotatable bonds is 4. The van der Waals surface area contributed by atoms with E-state index in [0.717, 1.165) is 0 Å². The summed E-state index contributed by atoms with van der Waals surface area (Å²) in [6.45, 7) is 5.59. The molecule has 0 saturated carbocycles. The van der Waals surface area contributed by atoms with Crippen molar-refractivity contribution in [3.8, 4) is 5.75 Å². The molecular weight excluding hydrogens is 190 g/mol. The van der Waals surface area contributed by atoms with Crippen molar-refractivity contribution in [1.29, 1.82) is 0 Å². The average molecular weight is 207 g/mol. The van der Waals surface area contributed by atoms with E-state index in [0.29, 0.717) is 5.75 Å². The van der Waals surface area contributed by atoms with Crippen LogP contribution in [-0.2, 0) is 4.79 Å². The third kappa shape index (κ3) is 4.02. The molecule has 0 spiro atoms. The molecule has 1 aromatic rings. The van der Waals surface area contributed by atoms with Gasteiger partial charge in [0.25, 0.3) is 5.91 Å². The van der Waals surface area contributed by atoms with Crippen molar-refractivity contribution in [2.75, 3.05) is 0 Å². The molecule has 0 aliphatic heterocycles. The molecule has 1 amide bonds. The van der Waals surface area contributed by atoms with Crippen LogP contribution in [-0.4, -0.2) is 18.1 Å². The van der Waals surface area contributed by atoms with Gasteiger partial charge < -0.3 is 10.1 Å². The molecule has 0 unspecified atom stereocenters. The summed E-state index contributed by atoms with van der Waals surface area (Å²) in [6, 6.07) is 9.47. The molecule has 1 rings (SSSR count). The maximum absolute atomic E-state index is 11.5. The Kier molecular flexibility index (Phi) is 4.16. The van der Waals surface area contributed by atoms with E-state index < -0.39 is 6.10 Å². The highest BCUT2D eigenvalue weighted by Crippen LogP contribution is 2.10. The normalized spacial score (nSPS) is 12.3. The Morgan fingerprint density at radius 1 is 1.20 bits per heavy atom. The van der Waals surface area contributed by atoms with Crippen LogP contribution in [0.4, 0.5) is 0 Å². The fraction of sp³-hybridized carbons (Fsp3) is 0.417. The second-order valence-electron chi connectivity index (χ2n) is 3.74. The van der Waals surface area contributed by atoms with Gasteiger partial charge in [-0.3, -0.25) is 4.79 Å².